The number of hydrogen-bond acceptors (Lipinski definition) is 4. The Balaban J connectivity index is 1.79. The number of carbonyl (C=O) groups excluding carboxylic acids is 1. The first-order valence-electron chi connectivity index (χ1n) is 8.42. The molecule has 1 amide bonds. The number of nitrogens with zero attached hydrogens (tertiary/aromatic N) is 2. The van der Waals surface area contributed by atoms with E-state index in [0.29, 0.717) is 12.4 Å². The third kappa shape index (κ3) is 3.84. The number of ether oxygens (including phenoxy) is 2. The van der Waals surface area contributed by atoms with Crippen molar-refractivity contribution < 1.29 is 14.3 Å². The van der Waals surface area contributed by atoms with Crippen LogP contribution in [0.2, 0.25) is 0 Å². The zero-order chi connectivity index (χ0) is 18.0. The molecule has 25 heavy (non-hydrogen) atoms. The normalized spacial score (nSPS) is 15.9. The van der Waals surface area contributed by atoms with E-state index in [1.165, 1.54) is 6.08 Å². The van der Waals surface area contributed by atoms with Gasteiger partial charge >= 0.3 is 0 Å². The molecule has 1 atom stereocenters. The van der Waals surface area contributed by atoms with Gasteiger partial charge in [-0.3, -0.25) is 9.48 Å². The van der Waals surface area contributed by atoms with Crippen LogP contribution in [0.25, 0.3) is 6.08 Å². The molecule has 2 aromatic rings. The van der Waals surface area contributed by atoms with Crippen LogP contribution >= 0.6 is 0 Å². The van der Waals surface area contributed by atoms with Crippen molar-refractivity contribution >= 4 is 17.8 Å². The fourth-order valence-electron chi connectivity index (χ4n) is 2.93. The second-order valence-corrected chi connectivity index (χ2v) is 6.18. The van der Waals surface area contributed by atoms with Gasteiger partial charge in [0, 0.05) is 36.7 Å². The fraction of sp³-hybridized carbons (Fsp3) is 0.368. The predicted octanol–water partition coefficient (Wildman–Crippen LogP) is 3.10. The minimum Gasteiger partial charge on any atom is -0.493 e. The number of aryl methyl sites for hydroxylation is 2. The molecule has 1 unspecified atom stereocenters. The molecule has 0 saturated heterocycles. The number of fused-ring (bicyclic) bond motifs is 1. The fourth-order valence-corrected chi connectivity index (χ4v) is 2.93. The lowest BCUT2D eigenvalue weighted by atomic mass is 10.1. The largest absolute Gasteiger partial charge is 0.493 e. The maximum atomic E-state index is 12.2. The summed E-state index contributed by atoms with van der Waals surface area (Å²) in [5.74, 6) is 2.06. The van der Waals surface area contributed by atoms with Crippen LogP contribution < -0.4 is 14.8 Å². The first kappa shape index (κ1) is 17.1. The molecule has 3 rings (SSSR count). The van der Waals surface area contributed by atoms with Gasteiger partial charge in [0.1, 0.15) is 23.4 Å². The Labute approximate surface area is 147 Å². The molecule has 1 N–H and O–H groups in total. The number of anilines is 1. The summed E-state index contributed by atoms with van der Waals surface area (Å²) in [7, 11) is 1.79. The third-order valence-corrected chi connectivity index (χ3v) is 4.00. The van der Waals surface area contributed by atoms with Crippen molar-refractivity contribution in [3.8, 4) is 11.5 Å². The Hall–Kier alpha value is -2.76. The van der Waals surface area contributed by atoms with E-state index in [-0.39, 0.29) is 12.0 Å². The second kappa shape index (κ2) is 7.01. The summed E-state index contributed by atoms with van der Waals surface area (Å²) >= 11 is 0. The molecule has 0 bridgehead atoms. The van der Waals surface area contributed by atoms with E-state index in [2.05, 4.69) is 10.4 Å². The number of amides is 1. The summed E-state index contributed by atoms with van der Waals surface area (Å²) in [4.78, 5) is 12.2. The molecule has 0 radical (unpaired) electrons. The van der Waals surface area contributed by atoms with Crippen LogP contribution in [0.15, 0.2) is 24.3 Å². The summed E-state index contributed by atoms with van der Waals surface area (Å²) in [5, 5.41) is 7.02. The average Bonchev–Trinajstić information content (AvgIpc) is 3.05. The Morgan fingerprint density at radius 1 is 1.48 bits per heavy atom. The number of benzene rings is 1. The number of nitrogens with one attached hydrogen (secondary N) is 1. The molecular weight excluding hydrogens is 318 g/mol. The van der Waals surface area contributed by atoms with Gasteiger partial charge in [0.2, 0.25) is 5.91 Å². The van der Waals surface area contributed by atoms with Crippen molar-refractivity contribution in [3.63, 3.8) is 0 Å². The number of aromatic nitrogens is 2. The zero-order valence-electron chi connectivity index (χ0n) is 15.0. The van der Waals surface area contributed by atoms with Gasteiger partial charge in [0.15, 0.2) is 0 Å². The molecular formula is C19H23N3O3. The molecule has 6 nitrogen and oxygen atoms in total. The maximum Gasteiger partial charge on any atom is 0.249 e. The Morgan fingerprint density at radius 3 is 2.96 bits per heavy atom. The van der Waals surface area contributed by atoms with Crippen LogP contribution in [0.3, 0.4) is 0 Å². The van der Waals surface area contributed by atoms with Crippen molar-refractivity contribution in [1.82, 2.24) is 9.78 Å². The van der Waals surface area contributed by atoms with Crippen LogP contribution in [0.4, 0.5) is 5.82 Å². The first-order chi connectivity index (χ1) is 12.0. The van der Waals surface area contributed by atoms with E-state index in [1.54, 1.807) is 17.8 Å². The molecule has 1 aromatic heterocycles. The molecule has 0 saturated carbocycles. The molecule has 132 valence electrons. The van der Waals surface area contributed by atoms with Gasteiger partial charge in [-0.25, -0.2) is 0 Å². The van der Waals surface area contributed by atoms with E-state index in [9.17, 15) is 4.79 Å². The highest BCUT2D eigenvalue weighted by molar-refractivity contribution is 6.01. The molecule has 0 spiro atoms. The number of hydrogen-bond donors (Lipinski definition) is 1. The summed E-state index contributed by atoms with van der Waals surface area (Å²) in [6, 6.07) is 5.76. The standard InChI is InChI=1S/C19H23N3O3/c1-5-24-16-11-15-9-13(3)25-17(15)10-14(16)6-7-19(23)20-18-8-12(2)21-22(18)4/h6-8,10-11,13H,5,9H2,1-4H3,(H,20,23)/b7-6+. The molecule has 1 aliphatic rings. The molecule has 2 heterocycles. The Morgan fingerprint density at radius 2 is 2.28 bits per heavy atom. The smallest absolute Gasteiger partial charge is 0.249 e. The quantitative estimate of drug-likeness (QED) is 0.849. The summed E-state index contributed by atoms with van der Waals surface area (Å²) in [6.45, 7) is 6.43. The van der Waals surface area contributed by atoms with Gasteiger partial charge < -0.3 is 14.8 Å². The van der Waals surface area contributed by atoms with E-state index in [0.717, 1.165) is 34.7 Å². The molecule has 1 aliphatic heterocycles. The zero-order valence-corrected chi connectivity index (χ0v) is 15.0. The molecule has 1 aromatic carbocycles. The summed E-state index contributed by atoms with van der Waals surface area (Å²) in [5.41, 5.74) is 2.82. The lowest BCUT2D eigenvalue weighted by Gasteiger charge is -2.10. The first-order valence-corrected chi connectivity index (χ1v) is 8.42. The lowest BCUT2D eigenvalue weighted by molar-refractivity contribution is -0.111. The van der Waals surface area contributed by atoms with E-state index in [1.807, 2.05) is 39.0 Å². The van der Waals surface area contributed by atoms with Crippen molar-refractivity contribution in [2.45, 2.75) is 33.3 Å². The highest BCUT2D eigenvalue weighted by atomic mass is 16.5. The van der Waals surface area contributed by atoms with E-state index in [4.69, 9.17) is 9.47 Å². The van der Waals surface area contributed by atoms with Crippen LogP contribution in [0, 0.1) is 6.92 Å². The van der Waals surface area contributed by atoms with Gasteiger partial charge in [-0.15, -0.1) is 0 Å². The Bertz CT molecular complexity index is 824. The van der Waals surface area contributed by atoms with Crippen LogP contribution in [0.5, 0.6) is 11.5 Å². The molecule has 0 fully saturated rings. The SMILES string of the molecule is CCOc1cc2c(cc1/C=C/C(=O)Nc1cc(C)nn1C)OC(C)C2. The van der Waals surface area contributed by atoms with Crippen molar-refractivity contribution in [3.05, 3.63) is 41.1 Å². The molecule has 6 heteroatoms. The lowest BCUT2D eigenvalue weighted by Crippen LogP contribution is -2.11. The van der Waals surface area contributed by atoms with Crippen LogP contribution in [-0.4, -0.2) is 28.4 Å². The second-order valence-electron chi connectivity index (χ2n) is 6.18. The van der Waals surface area contributed by atoms with E-state index < -0.39 is 0 Å². The summed E-state index contributed by atoms with van der Waals surface area (Å²) in [6.07, 6.45) is 4.28. The minimum absolute atomic E-state index is 0.167. The van der Waals surface area contributed by atoms with Gasteiger partial charge in [0.05, 0.1) is 12.3 Å². The van der Waals surface area contributed by atoms with Gasteiger partial charge in [-0.05, 0) is 39.0 Å². The minimum atomic E-state index is -0.222. The van der Waals surface area contributed by atoms with Crippen LogP contribution in [-0.2, 0) is 18.3 Å². The van der Waals surface area contributed by atoms with Gasteiger partial charge in [-0.1, -0.05) is 0 Å². The van der Waals surface area contributed by atoms with Crippen molar-refractivity contribution in [1.29, 1.82) is 0 Å². The number of carbonyl (C=O) groups is 1. The highest BCUT2D eigenvalue weighted by Gasteiger charge is 2.21. The highest BCUT2D eigenvalue weighted by Crippen LogP contribution is 2.35. The third-order valence-electron chi connectivity index (χ3n) is 4.00. The van der Waals surface area contributed by atoms with Gasteiger partial charge in [0.25, 0.3) is 0 Å². The van der Waals surface area contributed by atoms with Gasteiger partial charge in [-0.2, -0.15) is 5.10 Å². The topological polar surface area (TPSA) is 65.4 Å². The van der Waals surface area contributed by atoms with Crippen molar-refractivity contribution in [2.24, 2.45) is 7.05 Å². The summed E-state index contributed by atoms with van der Waals surface area (Å²) < 4.78 is 13.2. The average molecular weight is 341 g/mol. The number of rotatable bonds is 5. The Kier molecular flexibility index (Phi) is 4.79. The van der Waals surface area contributed by atoms with Crippen LogP contribution in [0.1, 0.15) is 30.7 Å². The molecule has 0 aliphatic carbocycles. The predicted molar refractivity (Wildman–Crippen MR) is 97.0 cm³/mol. The van der Waals surface area contributed by atoms with E-state index >= 15 is 0 Å². The maximum absolute atomic E-state index is 12.2. The van der Waals surface area contributed by atoms with Crippen molar-refractivity contribution in [2.75, 3.05) is 11.9 Å². The monoisotopic (exact) mass is 341 g/mol.